The summed E-state index contributed by atoms with van der Waals surface area (Å²) in [4.78, 5) is 4.06. The van der Waals surface area contributed by atoms with E-state index in [1.807, 2.05) is 6.20 Å². The molecule has 5 nitrogen and oxygen atoms in total. The molecule has 2 N–H and O–H groups in total. The molecular weight excluding hydrogens is 168 g/mol. The summed E-state index contributed by atoms with van der Waals surface area (Å²) >= 11 is 0. The van der Waals surface area contributed by atoms with Crippen LogP contribution in [0.15, 0.2) is 17.4 Å². The van der Waals surface area contributed by atoms with Gasteiger partial charge in [-0.05, 0) is 6.92 Å². The third kappa shape index (κ3) is 3.25. The van der Waals surface area contributed by atoms with Gasteiger partial charge in [0.1, 0.15) is 5.69 Å². The van der Waals surface area contributed by atoms with E-state index in [0.29, 0.717) is 12.4 Å². The average Bonchev–Trinajstić information content (AvgIpc) is 2.48. The van der Waals surface area contributed by atoms with Crippen molar-refractivity contribution >= 4 is 11.5 Å². The van der Waals surface area contributed by atoms with Crippen molar-refractivity contribution in [1.29, 1.82) is 0 Å². The molecule has 0 fully saturated rings. The van der Waals surface area contributed by atoms with Crippen molar-refractivity contribution in [3.63, 3.8) is 0 Å². The van der Waals surface area contributed by atoms with Crippen molar-refractivity contribution in [2.24, 2.45) is 10.7 Å². The maximum atomic E-state index is 5.42. The SMILES string of the molecule is COCCn1cc(N=C(C)N)cn1. The predicted molar refractivity (Wildman–Crippen MR) is 51.1 cm³/mol. The Balaban J connectivity index is 2.58. The van der Waals surface area contributed by atoms with E-state index in [1.165, 1.54) is 0 Å². The highest BCUT2D eigenvalue weighted by Gasteiger charge is 1.95. The van der Waals surface area contributed by atoms with E-state index in [0.717, 1.165) is 12.2 Å². The second-order valence-electron chi connectivity index (χ2n) is 2.71. The van der Waals surface area contributed by atoms with Gasteiger partial charge in [0.15, 0.2) is 0 Å². The van der Waals surface area contributed by atoms with Crippen LogP contribution in [-0.4, -0.2) is 29.3 Å². The third-order valence-corrected chi connectivity index (χ3v) is 1.45. The molecule has 0 saturated carbocycles. The smallest absolute Gasteiger partial charge is 0.103 e. The van der Waals surface area contributed by atoms with Crippen molar-refractivity contribution in [2.75, 3.05) is 13.7 Å². The van der Waals surface area contributed by atoms with E-state index < -0.39 is 0 Å². The molecule has 5 heteroatoms. The number of hydrogen-bond acceptors (Lipinski definition) is 3. The highest BCUT2D eigenvalue weighted by Crippen LogP contribution is 2.08. The van der Waals surface area contributed by atoms with Crippen LogP contribution < -0.4 is 5.73 Å². The number of aromatic nitrogens is 2. The summed E-state index contributed by atoms with van der Waals surface area (Å²) in [5.74, 6) is 0.534. The van der Waals surface area contributed by atoms with Gasteiger partial charge < -0.3 is 10.5 Å². The zero-order valence-corrected chi connectivity index (χ0v) is 7.90. The molecule has 1 heterocycles. The molecule has 1 rings (SSSR count). The third-order valence-electron chi connectivity index (χ3n) is 1.45. The molecule has 0 amide bonds. The van der Waals surface area contributed by atoms with Gasteiger partial charge in [-0.15, -0.1) is 0 Å². The first-order chi connectivity index (χ1) is 6.22. The Labute approximate surface area is 77.2 Å². The Morgan fingerprint density at radius 1 is 1.77 bits per heavy atom. The van der Waals surface area contributed by atoms with Gasteiger partial charge in [0, 0.05) is 7.11 Å². The molecule has 1 aromatic rings. The number of ether oxygens (including phenoxy) is 1. The van der Waals surface area contributed by atoms with Crippen molar-refractivity contribution in [3.05, 3.63) is 12.4 Å². The molecule has 13 heavy (non-hydrogen) atoms. The topological polar surface area (TPSA) is 65.4 Å². The highest BCUT2D eigenvalue weighted by molar-refractivity contribution is 5.80. The second-order valence-corrected chi connectivity index (χ2v) is 2.71. The number of methoxy groups -OCH3 is 1. The first-order valence-electron chi connectivity index (χ1n) is 4.04. The summed E-state index contributed by atoms with van der Waals surface area (Å²) in [6, 6.07) is 0. The van der Waals surface area contributed by atoms with Crippen LogP contribution >= 0.6 is 0 Å². The fourth-order valence-corrected chi connectivity index (χ4v) is 0.921. The lowest BCUT2D eigenvalue weighted by Gasteiger charge is -1.97. The van der Waals surface area contributed by atoms with Crippen molar-refractivity contribution in [3.8, 4) is 0 Å². The van der Waals surface area contributed by atoms with E-state index in [-0.39, 0.29) is 0 Å². The molecule has 0 aromatic carbocycles. The minimum absolute atomic E-state index is 0.534. The van der Waals surface area contributed by atoms with E-state index in [4.69, 9.17) is 10.5 Å². The average molecular weight is 182 g/mol. The van der Waals surface area contributed by atoms with Gasteiger partial charge in [0.2, 0.25) is 0 Å². The second kappa shape index (κ2) is 4.61. The van der Waals surface area contributed by atoms with Crippen LogP contribution in [0.2, 0.25) is 0 Å². The summed E-state index contributed by atoms with van der Waals surface area (Å²) < 4.78 is 6.68. The largest absolute Gasteiger partial charge is 0.387 e. The van der Waals surface area contributed by atoms with Crippen molar-refractivity contribution in [1.82, 2.24) is 9.78 Å². The Morgan fingerprint density at radius 2 is 2.54 bits per heavy atom. The van der Waals surface area contributed by atoms with E-state index in [1.54, 1.807) is 24.9 Å². The van der Waals surface area contributed by atoms with Gasteiger partial charge in [0.25, 0.3) is 0 Å². The van der Waals surface area contributed by atoms with Crippen LogP contribution in [0.25, 0.3) is 0 Å². The number of nitrogens with two attached hydrogens (primary N) is 1. The molecule has 0 unspecified atom stereocenters. The van der Waals surface area contributed by atoms with Crippen LogP contribution in [-0.2, 0) is 11.3 Å². The molecule has 0 saturated heterocycles. The summed E-state index contributed by atoms with van der Waals surface area (Å²) in [7, 11) is 1.66. The Morgan fingerprint density at radius 3 is 3.15 bits per heavy atom. The number of hydrogen-bond donors (Lipinski definition) is 1. The Bertz CT molecular complexity index is 288. The zero-order chi connectivity index (χ0) is 9.68. The fourth-order valence-electron chi connectivity index (χ4n) is 0.921. The molecule has 0 atom stereocenters. The molecule has 0 spiro atoms. The van der Waals surface area contributed by atoms with Gasteiger partial charge in [-0.2, -0.15) is 5.10 Å². The summed E-state index contributed by atoms with van der Waals surface area (Å²) in [6.07, 6.45) is 3.50. The molecule has 0 bridgehead atoms. The molecule has 1 aromatic heterocycles. The summed E-state index contributed by atoms with van der Waals surface area (Å²) in [5.41, 5.74) is 6.20. The van der Waals surface area contributed by atoms with Gasteiger partial charge >= 0.3 is 0 Å². The van der Waals surface area contributed by atoms with Gasteiger partial charge in [0.05, 0.1) is 31.4 Å². The van der Waals surface area contributed by atoms with Crippen molar-refractivity contribution in [2.45, 2.75) is 13.5 Å². The van der Waals surface area contributed by atoms with Crippen LogP contribution in [0.4, 0.5) is 5.69 Å². The predicted octanol–water partition coefficient (Wildman–Crippen LogP) is 0.538. The normalized spacial score (nSPS) is 12.0. The quantitative estimate of drug-likeness (QED) is 0.546. The number of aliphatic imine (C=N–C) groups is 1. The first-order valence-corrected chi connectivity index (χ1v) is 4.04. The highest BCUT2D eigenvalue weighted by atomic mass is 16.5. The lowest BCUT2D eigenvalue weighted by Crippen LogP contribution is -2.04. The van der Waals surface area contributed by atoms with E-state index in [2.05, 4.69) is 10.1 Å². The van der Waals surface area contributed by atoms with E-state index in [9.17, 15) is 0 Å². The monoisotopic (exact) mass is 182 g/mol. The van der Waals surface area contributed by atoms with Crippen molar-refractivity contribution < 1.29 is 4.74 Å². The van der Waals surface area contributed by atoms with Gasteiger partial charge in [-0.25, -0.2) is 4.99 Å². The summed E-state index contributed by atoms with van der Waals surface area (Å²) in [5, 5.41) is 4.08. The molecule has 0 aliphatic carbocycles. The van der Waals surface area contributed by atoms with Crippen LogP contribution in [0.5, 0.6) is 0 Å². The van der Waals surface area contributed by atoms with Crippen LogP contribution in [0, 0.1) is 0 Å². The fraction of sp³-hybridized carbons (Fsp3) is 0.500. The van der Waals surface area contributed by atoms with Gasteiger partial charge in [-0.3, -0.25) is 4.68 Å². The maximum Gasteiger partial charge on any atom is 0.103 e. The Hall–Kier alpha value is -1.36. The lowest BCUT2D eigenvalue weighted by atomic mass is 10.5. The minimum atomic E-state index is 0.534. The molecule has 0 aliphatic heterocycles. The molecule has 0 aliphatic rings. The summed E-state index contributed by atoms with van der Waals surface area (Å²) in [6.45, 7) is 3.12. The number of rotatable bonds is 4. The molecule has 72 valence electrons. The number of nitrogens with zero attached hydrogens (tertiary/aromatic N) is 3. The zero-order valence-electron chi connectivity index (χ0n) is 7.90. The first kappa shape index (κ1) is 9.73. The number of amidine groups is 1. The lowest BCUT2D eigenvalue weighted by molar-refractivity contribution is 0.183. The van der Waals surface area contributed by atoms with E-state index >= 15 is 0 Å². The molecular formula is C8H14N4O. The maximum absolute atomic E-state index is 5.42. The molecule has 0 radical (unpaired) electrons. The van der Waals surface area contributed by atoms with Crippen LogP contribution in [0.1, 0.15) is 6.92 Å². The Kier molecular flexibility index (Phi) is 3.45. The standard InChI is InChI=1S/C8H14N4O/c1-7(9)11-8-5-10-12(6-8)3-4-13-2/h5-6H,3-4H2,1-2H3,(H2,9,11). The van der Waals surface area contributed by atoms with Gasteiger partial charge in [-0.1, -0.05) is 0 Å². The minimum Gasteiger partial charge on any atom is -0.387 e. The van der Waals surface area contributed by atoms with Crippen LogP contribution in [0.3, 0.4) is 0 Å².